The summed E-state index contributed by atoms with van der Waals surface area (Å²) in [6.07, 6.45) is 1.25. The van der Waals surface area contributed by atoms with Crippen molar-refractivity contribution in [3.05, 3.63) is 71.3 Å². The predicted molar refractivity (Wildman–Crippen MR) is 165 cm³/mol. The lowest BCUT2D eigenvalue weighted by Crippen LogP contribution is -2.48. The van der Waals surface area contributed by atoms with E-state index in [-0.39, 0.29) is 48.4 Å². The third-order valence-electron chi connectivity index (χ3n) is 8.40. The Hall–Kier alpha value is -4.55. The molecular weight excluding hydrogens is 618 g/mol. The number of methoxy groups -OCH3 is 2. The van der Waals surface area contributed by atoms with Crippen LogP contribution in [0, 0.1) is 23.5 Å². The molecule has 2 aliphatic rings. The molecular formula is C34H42F2N2O9. The number of aliphatic carboxylic acids is 1. The number of likely N-dealkylation sites (tertiary alicyclic amines) is 2. The highest BCUT2D eigenvalue weighted by Crippen LogP contribution is 2.29. The van der Waals surface area contributed by atoms with Gasteiger partial charge in [0, 0.05) is 31.1 Å². The number of ketones is 1. The van der Waals surface area contributed by atoms with Gasteiger partial charge in [-0.05, 0) is 80.8 Å². The molecule has 47 heavy (non-hydrogen) atoms. The second-order valence-electron chi connectivity index (χ2n) is 11.5. The maximum atomic E-state index is 13.5. The van der Waals surface area contributed by atoms with Crippen LogP contribution in [0.1, 0.15) is 50.2 Å². The maximum Gasteiger partial charge on any atom is 0.409 e. The van der Waals surface area contributed by atoms with E-state index in [4.69, 9.17) is 19.3 Å². The summed E-state index contributed by atoms with van der Waals surface area (Å²) >= 11 is 0. The SMILES string of the molecule is CCOC(=O)CC(=O)C1CCN(C(=O)OC)C(Cc2cccc(F)c2)C1.COC(=O)N1CCC(C(=O)O)CC1Cc1cccc(F)c1. The second-order valence-corrected chi connectivity index (χ2v) is 11.5. The first-order valence-electron chi connectivity index (χ1n) is 15.5. The van der Waals surface area contributed by atoms with Crippen molar-refractivity contribution in [1.82, 2.24) is 9.80 Å². The molecule has 4 atom stereocenters. The fourth-order valence-electron chi connectivity index (χ4n) is 6.09. The van der Waals surface area contributed by atoms with Crippen LogP contribution in [0.5, 0.6) is 0 Å². The first-order chi connectivity index (χ1) is 22.4. The number of carboxylic acid groups (broad SMARTS) is 1. The topological polar surface area (TPSA) is 140 Å². The van der Waals surface area contributed by atoms with Crippen LogP contribution in [0.4, 0.5) is 18.4 Å². The van der Waals surface area contributed by atoms with Gasteiger partial charge in [-0.2, -0.15) is 0 Å². The standard InChI is InChI=1S/C19H24FNO5.C15H18FNO4/c1-3-26-18(23)12-17(22)14-7-8-21(19(24)25-2)16(11-14)10-13-5-4-6-15(20)9-13;1-21-15(20)17-6-5-11(14(18)19)9-13(17)8-10-3-2-4-12(16)7-10/h4-6,9,14,16H,3,7-8,10-12H2,1-2H3;2-4,7,11,13H,5-6,8-9H2,1H3,(H,18,19). The van der Waals surface area contributed by atoms with Gasteiger partial charge in [0.2, 0.25) is 0 Å². The lowest BCUT2D eigenvalue weighted by atomic mass is 9.84. The van der Waals surface area contributed by atoms with E-state index in [1.54, 1.807) is 36.1 Å². The van der Waals surface area contributed by atoms with Crippen molar-refractivity contribution in [1.29, 1.82) is 0 Å². The van der Waals surface area contributed by atoms with E-state index >= 15 is 0 Å². The van der Waals surface area contributed by atoms with Gasteiger partial charge < -0.3 is 29.1 Å². The highest BCUT2D eigenvalue weighted by Gasteiger charge is 2.37. The minimum atomic E-state index is -0.858. The summed E-state index contributed by atoms with van der Waals surface area (Å²) in [5.74, 6) is -3.08. The van der Waals surface area contributed by atoms with Crippen LogP contribution >= 0.6 is 0 Å². The molecule has 2 aromatic carbocycles. The van der Waals surface area contributed by atoms with Gasteiger partial charge in [0.1, 0.15) is 23.8 Å². The third kappa shape index (κ3) is 11.0. The fourth-order valence-corrected chi connectivity index (χ4v) is 6.09. The highest BCUT2D eigenvalue weighted by atomic mass is 19.1. The molecule has 11 nitrogen and oxygen atoms in total. The number of hydrogen-bond donors (Lipinski definition) is 1. The van der Waals surface area contributed by atoms with Crippen molar-refractivity contribution in [3.63, 3.8) is 0 Å². The average molecular weight is 661 g/mol. The zero-order valence-electron chi connectivity index (χ0n) is 26.9. The predicted octanol–water partition coefficient (Wildman–Crippen LogP) is 5.04. The number of carboxylic acids is 1. The number of piperidine rings is 2. The summed E-state index contributed by atoms with van der Waals surface area (Å²) < 4.78 is 41.1. The van der Waals surface area contributed by atoms with E-state index in [1.807, 2.05) is 0 Å². The average Bonchev–Trinajstić information content (AvgIpc) is 3.04. The highest BCUT2D eigenvalue weighted by molar-refractivity contribution is 5.97. The molecule has 4 rings (SSSR count). The number of ether oxygens (including phenoxy) is 3. The monoisotopic (exact) mass is 660 g/mol. The molecule has 0 aliphatic carbocycles. The molecule has 4 unspecified atom stereocenters. The number of carbonyl (C=O) groups excluding carboxylic acids is 4. The molecule has 2 aliphatic heterocycles. The van der Waals surface area contributed by atoms with Gasteiger partial charge in [-0.1, -0.05) is 24.3 Å². The second kappa shape index (κ2) is 18.0. The van der Waals surface area contributed by atoms with E-state index in [1.165, 1.54) is 43.4 Å². The molecule has 1 N–H and O–H groups in total. The van der Waals surface area contributed by atoms with Gasteiger partial charge >= 0.3 is 24.1 Å². The largest absolute Gasteiger partial charge is 0.481 e. The minimum Gasteiger partial charge on any atom is -0.481 e. The first kappa shape index (κ1) is 36.9. The van der Waals surface area contributed by atoms with Crippen LogP contribution in [0.2, 0.25) is 0 Å². The number of nitrogens with zero attached hydrogens (tertiary/aromatic N) is 2. The molecule has 13 heteroatoms. The van der Waals surface area contributed by atoms with Crippen LogP contribution in [0.15, 0.2) is 48.5 Å². The quantitative estimate of drug-likeness (QED) is 0.223. The Kier molecular flexibility index (Phi) is 14.1. The molecule has 0 spiro atoms. The molecule has 0 aromatic heterocycles. The minimum absolute atomic E-state index is 0.183. The van der Waals surface area contributed by atoms with E-state index in [9.17, 15) is 32.8 Å². The summed E-state index contributed by atoms with van der Waals surface area (Å²) in [6, 6.07) is 11.7. The summed E-state index contributed by atoms with van der Waals surface area (Å²) in [5.41, 5.74) is 1.47. The van der Waals surface area contributed by atoms with Crippen LogP contribution in [0.25, 0.3) is 0 Å². The van der Waals surface area contributed by atoms with Crippen molar-refractivity contribution in [2.24, 2.45) is 11.8 Å². The Bertz CT molecular complexity index is 1410. The first-order valence-corrected chi connectivity index (χ1v) is 15.5. The van der Waals surface area contributed by atoms with Gasteiger partial charge in [0.05, 0.1) is 26.7 Å². The lowest BCUT2D eigenvalue weighted by molar-refractivity contribution is -0.147. The van der Waals surface area contributed by atoms with E-state index < -0.39 is 30.0 Å². The number of carbonyl (C=O) groups is 5. The van der Waals surface area contributed by atoms with Crippen molar-refractivity contribution < 1.29 is 52.1 Å². The van der Waals surface area contributed by atoms with Crippen LogP contribution in [0.3, 0.4) is 0 Å². The molecule has 0 saturated carbocycles. The summed E-state index contributed by atoms with van der Waals surface area (Å²) in [4.78, 5) is 62.0. The number of hydrogen-bond acceptors (Lipinski definition) is 8. The van der Waals surface area contributed by atoms with Crippen molar-refractivity contribution in [3.8, 4) is 0 Å². The molecule has 2 fully saturated rings. The Morgan fingerprint density at radius 1 is 0.787 bits per heavy atom. The van der Waals surface area contributed by atoms with Gasteiger partial charge in [-0.25, -0.2) is 18.4 Å². The zero-order valence-corrected chi connectivity index (χ0v) is 26.9. The van der Waals surface area contributed by atoms with Crippen LogP contribution in [-0.4, -0.2) is 90.8 Å². The fraction of sp³-hybridized carbons (Fsp3) is 0.500. The normalized spacial score (nSPS) is 20.7. The Morgan fingerprint density at radius 2 is 1.26 bits per heavy atom. The van der Waals surface area contributed by atoms with Crippen LogP contribution in [-0.2, 0) is 41.4 Å². The number of benzene rings is 2. The number of halogens is 2. The Balaban J connectivity index is 0.000000261. The van der Waals surface area contributed by atoms with Crippen molar-refractivity contribution in [2.45, 2.75) is 64.0 Å². The molecule has 2 heterocycles. The molecule has 2 saturated heterocycles. The maximum absolute atomic E-state index is 13.5. The summed E-state index contributed by atoms with van der Waals surface area (Å²) in [5, 5.41) is 9.15. The van der Waals surface area contributed by atoms with Gasteiger partial charge in [0.25, 0.3) is 0 Å². The van der Waals surface area contributed by atoms with E-state index in [0.29, 0.717) is 51.6 Å². The third-order valence-corrected chi connectivity index (χ3v) is 8.40. The van der Waals surface area contributed by atoms with Crippen molar-refractivity contribution >= 4 is 29.9 Å². The summed E-state index contributed by atoms with van der Waals surface area (Å²) in [6.45, 7) is 2.61. The molecule has 256 valence electrons. The number of amides is 2. The van der Waals surface area contributed by atoms with Gasteiger partial charge in [0.15, 0.2) is 0 Å². The number of rotatable bonds is 9. The summed E-state index contributed by atoms with van der Waals surface area (Å²) in [7, 11) is 2.60. The zero-order chi connectivity index (χ0) is 34.5. The number of Topliss-reactive ketones (excluding diaryl/α,β-unsaturated/α-hetero) is 1. The van der Waals surface area contributed by atoms with Gasteiger partial charge in [-0.3, -0.25) is 14.4 Å². The van der Waals surface area contributed by atoms with E-state index in [2.05, 4.69) is 0 Å². The van der Waals surface area contributed by atoms with Crippen LogP contribution < -0.4 is 0 Å². The van der Waals surface area contributed by atoms with Gasteiger partial charge in [-0.15, -0.1) is 0 Å². The molecule has 0 radical (unpaired) electrons. The molecule has 2 aromatic rings. The number of esters is 1. The van der Waals surface area contributed by atoms with E-state index in [0.717, 1.165) is 11.1 Å². The molecule has 2 amide bonds. The Morgan fingerprint density at radius 3 is 1.68 bits per heavy atom. The van der Waals surface area contributed by atoms with Crippen molar-refractivity contribution in [2.75, 3.05) is 33.9 Å². The Labute approximate surface area is 272 Å². The smallest absolute Gasteiger partial charge is 0.409 e. The molecule has 0 bridgehead atoms. The lowest BCUT2D eigenvalue weighted by Gasteiger charge is -2.38.